The fourth-order valence-electron chi connectivity index (χ4n) is 2.13. The van der Waals surface area contributed by atoms with Crippen LogP contribution in [0.4, 0.5) is 0 Å². The Bertz CT molecular complexity index is 601. The average molecular weight is 286 g/mol. The van der Waals surface area contributed by atoms with Crippen LogP contribution in [0.15, 0.2) is 30.5 Å². The zero-order valence-corrected chi connectivity index (χ0v) is 13.0. The third kappa shape index (κ3) is 4.16. The van der Waals surface area contributed by atoms with E-state index in [1.54, 1.807) is 6.20 Å². The molecule has 5 nitrogen and oxygen atoms in total. The van der Waals surface area contributed by atoms with Gasteiger partial charge in [0.1, 0.15) is 5.82 Å². The van der Waals surface area contributed by atoms with Gasteiger partial charge >= 0.3 is 0 Å². The molecule has 0 saturated carbocycles. The lowest BCUT2D eigenvalue weighted by atomic mass is 10.1. The predicted octanol–water partition coefficient (Wildman–Crippen LogP) is 2.27. The van der Waals surface area contributed by atoms with Crippen LogP contribution in [0.2, 0.25) is 0 Å². The number of benzene rings is 1. The Hall–Kier alpha value is -2.14. The Balaban J connectivity index is 1.99. The summed E-state index contributed by atoms with van der Waals surface area (Å²) in [5.41, 5.74) is 2.83. The fraction of sp³-hybridized carbons (Fsp3) is 0.375. The Kier molecular flexibility index (Phi) is 4.75. The molecule has 5 heteroatoms. The van der Waals surface area contributed by atoms with Gasteiger partial charge < -0.3 is 15.2 Å². The van der Waals surface area contributed by atoms with Gasteiger partial charge in [0.2, 0.25) is 0 Å². The number of nitrogens with one attached hydrogen (secondary N) is 2. The summed E-state index contributed by atoms with van der Waals surface area (Å²) in [6, 6.07) is 7.53. The third-order valence-electron chi connectivity index (χ3n) is 3.20. The molecular formula is C16H22N4O. The van der Waals surface area contributed by atoms with Crippen LogP contribution in [0, 0.1) is 6.92 Å². The van der Waals surface area contributed by atoms with E-state index in [0.29, 0.717) is 5.56 Å². The minimum Gasteiger partial charge on any atom is -0.344 e. The molecule has 1 aromatic carbocycles. The Morgan fingerprint density at radius 1 is 1.33 bits per heavy atom. The van der Waals surface area contributed by atoms with E-state index in [9.17, 15) is 4.79 Å². The number of aryl methyl sites for hydroxylation is 1. The topological polar surface area (TPSA) is 61.0 Å². The highest BCUT2D eigenvalue weighted by Gasteiger charge is 2.13. The van der Waals surface area contributed by atoms with Crippen molar-refractivity contribution >= 4 is 5.91 Å². The van der Waals surface area contributed by atoms with E-state index >= 15 is 0 Å². The molecule has 0 aliphatic heterocycles. The number of aromatic amines is 1. The minimum absolute atomic E-state index is 0.0899. The third-order valence-corrected chi connectivity index (χ3v) is 3.20. The van der Waals surface area contributed by atoms with Crippen molar-refractivity contribution < 1.29 is 4.79 Å². The summed E-state index contributed by atoms with van der Waals surface area (Å²) in [7, 11) is 4.04. The number of amides is 1. The lowest BCUT2D eigenvalue weighted by Gasteiger charge is -2.13. The zero-order valence-electron chi connectivity index (χ0n) is 13.0. The molecule has 21 heavy (non-hydrogen) atoms. The van der Waals surface area contributed by atoms with Gasteiger partial charge in [-0.1, -0.05) is 12.1 Å². The van der Waals surface area contributed by atoms with Crippen molar-refractivity contribution in [2.75, 3.05) is 14.1 Å². The van der Waals surface area contributed by atoms with Gasteiger partial charge in [-0.3, -0.25) is 4.79 Å². The molecule has 1 aromatic heterocycles. The van der Waals surface area contributed by atoms with Gasteiger partial charge in [-0.05, 0) is 45.6 Å². The molecule has 1 atom stereocenters. The highest BCUT2D eigenvalue weighted by molar-refractivity contribution is 5.94. The molecule has 2 aromatic rings. The highest BCUT2D eigenvalue weighted by Crippen LogP contribution is 2.11. The van der Waals surface area contributed by atoms with E-state index in [4.69, 9.17) is 0 Å². The summed E-state index contributed by atoms with van der Waals surface area (Å²) >= 11 is 0. The smallest absolute Gasteiger partial charge is 0.251 e. The first kappa shape index (κ1) is 15.3. The number of hydrogen-bond acceptors (Lipinski definition) is 3. The molecule has 0 saturated heterocycles. The van der Waals surface area contributed by atoms with Crippen molar-refractivity contribution in [1.82, 2.24) is 20.2 Å². The molecular weight excluding hydrogens is 264 g/mol. The van der Waals surface area contributed by atoms with Crippen molar-refractivity contribution in [3.63, 3.8) is 0 Å². The number of imidazole rings is 1. The Morgan fingerprint density at radius 3 is 2.52 bits per heavy atom. The lowest BCUT2D eigenvalue weighted by molar-refractivity contribution is 0.0938. The monoisotopic (exact) mass is 286 g/mol. The summed E-state index contributed by atoms with van der Waals surface area (Å²) in [6.45, 7) is 4.72. The van der Waals surface area contributed by atoms with Crippen LogP contribution in [-0.2, 0) is 6.54 Å². The van der Waals surface area contributed by atoms with E-state index in [2.05, 4.69) is 20.2 Å². The Morgan fingerprint density at radius 2 is 2.00 bits per heavy atom. The molecule has 0 aliphatic carbocycles. The lowest BCUT2D eigenvalue weighted by Crippen LogP contribution is -2.27. The molecule has 2 rings (SSSR count). The van der Waals surface area contributed by atoms with Crippen molar-refractivity contribution in [3.05, 3.63) is 53.1 Å². The number of H-pyrrole nitrogens is 1. The molecule has 0 radical (unpaired) electrons. The summed E-state index contributed by atoms with van der Waals surface area (Å²) < 4.78 is 0. The molecule has 0 aliphatic rings. The second-order valence-electron chi connectivity index (χ2n) is 5.58. The number of carbonyl (C=O) groups is 1. The SMILES string of the molecule is Cc1cnc(C(C)NC(=O)c2ccc(CN(C)C)cc2)[nH]1. The standard InChI is InChI=1S/C16H22N4O/c1-11-9-17-15(18-11)12(2)19-16(21)14-7-5-13(6-8-14)10-20(3)4/h5-9,12H,10H2,1-4H3,(H,17,18)(H,19,21). The van der Waals surface area contributed by atoms with E-state index in [-0.39, 0.29) is 11.9 Å². The van der Waals surface area contributed by atoms with Crippen molar-refractivity contribution in [2.45, 2.75) is 26.4 Å². The van der Waals surface area contributed by atoms with E-state index in [0.717, 1.165) is 18.1 Å². The number of aromatic nitrogens is 2. The van der Waals surface area contributed by atoms with Gasteiger partial charge in [-0.2, -0.15) is 0 Å². The van der Waals surface area contributed by atoms with Gasteiger partial charge in [0, 0.05) is 24.0 Å². The zero-order chi connectivity index (χ0) is 15.4. The van der Waals surface area contributed by atoms with Gasteiger partial charge in [0.15, 0.2) is 0 Å². The molecule has 1 heterocycles. The molecule has 2 N–H and O–H groups in total. The molecule has 0 bridgehead atoms. The fourth-order valence-corrected chi connectivity index (χ4v) is 2.13. The van der Waals surface area contributed by atoms with Gasteiger partial charge in [0.25, 0.3) is 5.91 Å². The van der Waals surface area contributed by atoms with Crippen LogP contribution >= 0.6 is 0 Å². The molecule has 0 fully saturated rings. The summed E-state index contributed by atoms with van der Waals surface area (Å²) in [4.78, 5) is 21.7. The number of rotatable bonds is 5. The number of nitrogens with zero attached hydrogens (tertiary/aromatic N) is 2. The van der Waals surface area contributed by atoms with E-state index in [1.165, 1.54) is 5.56 Å². The molecule has 0 spiro atoms. The van der Waals surface area contributed by atoms with Crippen LogP contribution in [0.25, 0.3) is 0 Å². The summed E-state index contributed by atoms with van der Waals surface area (Å²) in [5, 5.41) is 2.94. The first-order valence-electron chi connectivity index (χ1n) is 7.01. The van der Waals surface area contributed by atoms with Crippen molar-refractivity contribution in [2.24, 2.45) is 0 Å². The maximum absolute atomic E-state index is 12.2. The number of hydrogen-bond donors (Lipinski definition) is 2. The maximum atomic E-state index is 12.2. The normalized spacial score (nSPS) is 12.4. The van der Waals surface area contributed by atoms with Crippen LogP contribution in [0.5, 0.6) is 0 Å². The molecule has 112 valence electrons. The summed E-state index contributed by atoms with van der Waals surface area (Å²) in [5.74, 6) is 0.679. The average Bonchev–Trinajstić information content (AvgIpc) is 2.85. The molecule has 1 unspecified atom stereocenters. The van der Waals surface area contributed by atoms with E-state index < -0.39 is 0 Å². The van der Waals surface area contributed by atoms with Crippen LogP contribution in [-0.4, -0.2) is 34.9 Å². The first-order chi connectivity index (χ1) is 9.95. The Labute approximate surface area is 125 Å². The minimum atomic E-state index is -0.146. The van der Waals surface area contributed by atoms with Crippen LogP contribution in [0.3, 0.4) is 0 Å². The predicted molar refractivity (Wildman–Crippen MR) is 83.0 cm³/mol. The second kappa shape index (κ2) is 6.54. The summed E-state index contributed by atoms with van der Waals surface area (Å²) in [6.07, 6.45) is 1.76. The first-order valence-corrected chi connectivity index (χ1v) is 7.01. The van der Waals surface area contributed by atoms with Gasteiger partial charge in [0.05, 0.1) is 6.04 Å². The van der Waals surface area contributed by atoms with Crippen LogP contribution < -0.4 is 5.32 Å². The van der Waals surface area contributed by atoms with Crippen molar-refractivity contribution in [3.8, 4) is 0 Å². The van der Waals surface area contributed by atoms with Gasteiger partial charge in [-0.25, -0.2) is 4.98 Å². The quantitative estimate of drug-likeness (QED) is 0.886. The highest BCUT2D eigenvalue weighted by atomic mass is 16.1. The van der Waals surface area contributed by atoms with Gasteiger partial charge in [-0.15, -0.1) is 0 Å². The van der Waals surface area contributed by atoms with Crippen molar-refractivity contribution in [1.29, 1.82) is 0 Å². The maximum Gasteiger partial charge on any atom is 0.251 e. The molecule has 1 amide bonds. The largest absolute Gasteiger partial charge is 0.344 e. The second-order valence-corrected chi connectivity index (χ2v) is 5.58. The number of carbonyl (C=O) groups excluding carboxylic acids is 1. The van der Waals surface area contributed by atoms with E-state index in [1.807, 2.05) is 52.2 Å². The van der Waals surface area contributed by atoms with Crippen LogP contribution in [0.1, 0.15) is 40.4 Å².